The van der Waals surface area contributed by atoms with Crippen molar-refractivity contribution in [2.45, 2.75) is 19.1 Å². The maximum absolute atomic E-state index is 12.9. The number of aliphatic hydroxyl groups is 1. The lowest BCUT2D eigenvalue weighted by atomic mass is 10.0. The van der Waals surface area contributed by atoms with Crippen molar-refractivity contribution >= 4 is 0 Å². The van der Waals surface area contributed by atoms with Gasteiger partial charge in [0.1, 0.15) is 5.82 Å². The van der Waals surface area contributed by atoms with Gasteiger partial charge in [-0.05, 0) is 11.6 Å². The zero-order valence-corrected chi connectivity index (χ0v) is 10.1. The van der Waals surface area contributed by atoms with E-state index in [1.54, 1.807) is 16.8 Å². The third kappa shape index (κ3) is 3.14. The molecule has 0 radical (unpaired) electrons. The van der Waals surface area contributed by atoms with E-state index in [0.717, 1.165) is 6.07 Å². The molecule has 1 N–H and O–H groups in total. The van der Waals surface area contributed by atoms with Crippen LogP contribution in [-0.4, -0.2) is 21.3 Å². The van der Waals surface area contributed by atoms with Gasteiger partial charge in [0.2, 0.25) is 0 Å². The number of imidazole rings is 1. The molecule has 3 nitrogen and oxygen atoms in total. The highest BCUT2D eigenvalue weighted by molar-refractivity contribution is 5.32. The summed E-state index contributed by atoms with van der Waals surface area (Å²) in [6, 6.07) is 5.45. The Labute approximate surface area is 108 Å². The number of halogens is 3. The van der Waals surface area contributed by atoms with Gasteiger partial charge in [-0.15, -0.1) is 0 Å². The summed E-state index contributed by atoms with van der Waals surface area (Å²) in [5.74, 6) is 0.505. The number of hydrogen-bond acceptors (Lipinski definition) is 2. The van der Waals surface area contributed by atoms with Crippen LogP contribution >= 0.6 is 0 Å². The van der Waals surface area contributed by atoms with Crippen molar-refractivity contribution in [1.82, 2.24) is 9.55 Å². The third-order valence-corrected chi connectivity index (χ3v) is 2.81. The fourth-order valence-corrected chi connectivity index (χ4v) is 1.94. The lowest BCUT2D eigenvalue weighted by Gasteiger charge is -2.13. The zero-order chi connectivity index (χ0) is 13.9. The van der Waals surface area contributed by atoms with Gasteiger partial charge in [0, 0.05) is 25.4 Å². The molecule has 1 aromatic carbocycles. The van der Waals surface area contributed by atoms with Crippen molar-refractivity contribution in [3.05, 3.63) is 53.6 Å². The van der Waals surface area contributed by atoms with Gasteiger partial charge in [0.05, 0.1) is 12.2 Å². The molecule has 102 valence electrons. The van der Waals surface area contributed by atoms with Crippen LogP contribution in [0.3, 0.4) is 0 Å². The number of hydrogen-bond donors (Lipinski definition) is 1. The van der Waals surface area contributed by atoms with E-state index in [1.807, 2.05) is 0 Å². The normalized spacial score (nSPS) is 11.8. The predicted molar refractivity (Wildman–Crippen MR) is 63.6 cm³/mol. The van der Waals surface area contributed by atoms with Crippen molar-refractivity contribution in [3.8, 4) is 0 Å². The molecule has 0 fully saturated rings. The van der Waals surface area contributed by atoms with Crippen LogP contribution in [0.4, 0.5) is 13.2 Å². The molecule has 0 atom stereocenters. The largest absolute Gasteiger partial charge is 0.416 e. The topological polar surface area (TPSA) is 38.0 Å². The van der Waals surface area contributed by atoms with E-state index in [2.05, 4.69) is 4.98 Å². The van der Waals surface area contributed by atoms with Crippen molar-refractivity contribution in [3.63, 3.8) is 0 Å². The summed E-state index contributed by atoms with van der Waals surface area (Å²) in [5, 5.41) is 8.88. The van der Waals surface area contributed by atoms with Gasteiger partial charge >= 0.3 is 6.18 Å². The summed E-state index contributed by atoms with van der Waals surface area (Å²) < 4.78 is 40.2. The van der Waals surface area contributed by atoms with E-state index in [1.165, 1.54) is 18.3 Å². The Hall–Kier alpha value is -1.82. The first kappa shape index (κ1) is 13.6. The molecule has 0 aliphatic carbocycles. The van der Waals surface area contributed by atoms with Gasteiger partial charge in [-0.1, -0.05) is 18.2 Å². The molecular formula is C13H13F3N2O. The maximum atomic E-state index is 12.9. The SMILES string of the molecule is OCCn1ccnc1Cc1ccccc1C(F)(F)F. The molecule has 2 aromatic rings. The molecule has 0 aliphatic rings. The van der Waals surface area contributed by atoms with Gasteiger partial charge in [-0.3, -0.25) is 0 Å². The van der Waals surface area contributed by atoms with Gasteiger partial charge in [0.25, 0.3) is 0 Å². The molecular weight excluding hydrogens is 257 g/mol. The van der Waals surface area contributed by atoms with E-state index in [0.29, 0.717) is 12.4 Å². The number of nitrogens with zero attached hydrogens (tertiary/aromatic N) is 2. The number of alkyl halides is 3. The van der Waals surface area contributed by atoms with Crippen molar-refractivity contribution in [2.24, 2.45) is 0 Å². The molecule has 0 spiro atoms. The highest BCUT2D eigenvalue weighted by Crippen LogP contribution is 2.32. The van der Waals surface area contributed by atoms with Crippen LogP contribution < -0.4 is 0 Å². The monoisotopic (exact) mass is 270 g/mol. The minimum Gasteiger partial charge on any atom is -0.395 e. The quantitative estimate of drug-likeness (QED) is 0.927. The van der Waals surface area contributed by atoms with E-state index < -0.39 is 11.7 Å². The minimum atomic E-state index is -4.37. The number of benzene rings is 1. The average molecular weight is 270 g/mol. The molecule has 0 amide bonds. The summed E-state index contributed by atoms with van der Waals surface area (Å²) in [4.78, 5) is 4.04. The minimum absolute atomic E-state index is 0.0791. The molecule has 0 unspecified atom stereocenters. The Morgan fingerprint density at radius 3 is 2.63 bits per heavy atom. The molecule has 0 bridgehead atoms. The Kier molecular flexibility index (Phi) is 3.90. The fourth-order valence-electron chi connectivity index (χ4n) is 1.94. The molecule has 6 heteroatoms. The molecule has 0 saturated heterocycles. The zero-order valence-electron chi connectivity index (χ0n) is 10.1. The van der Waals surface area contributed by atoms with Crippen molar-refractivity contribution in [2.75, 3.05) is 6.61 Å². The molecule has 0 aliphatic heterocycles. The van der Waals surface area contributed by atoms with Crippen LogP contribution in [0, 0.1) is 0 Å². The molecule has 0 saturated carbocycles. The van der Waals surface area contributed by atoms with Crippen LogP contribution in [-0.2, 0) is 19.1 Å². The molecule has 1 heterocycles. The number of aliphatic hydroxyl groups excluding tert-OH is 1. The first-order valence-electron chi connectivity index (χ1n) is 5.78. The summed E-state index contributed by atoms with van der Waals surface area (Å²) in [7, 11) is 0. The maximum Gasteiger partial charge on any atom is 0.416 e. The lowest BCUT2D eigenvalue weighted by molar-refractivity contribution is -0.138. The van der Waals surface area contributed by atoms with E-state index in [9.17, 15) is 13.2 Å². The summed E-state index contributed by atoms with van der Waals surface area (Å²) >= 11 is 0. The molecule has 2 rings (SSSR count). The molecule has 19 heavy (non-hydrogen) atoms. The standard InChI is InChI=1S/C13H13F3N2O/c14-13(15,16)11-4-2-1-3-10(11)9-12-17-5-6-18(12)7-8-19/h1-6,19H,7-9H2. The van der Waals surface area contributed by atoms with Crippen LogP contribution in [0.1, 0.15) is 17.0 Å². The lowest BCUT2D eigenvalue weighted by Crippen LogP contribution is -2.12. The average Bonchev–Trinajstić information content (AvgIpc) is 2.77. The van der Waals surface area contributed by atoms with Crippen molar-refractivity contribution in [1.29, 1.82) is 0 Å². The van der Waals surface area contributed by atoms with Crippen LogP contribution in [0.5, 0.6) is 0 Å². The second-order valence-electron chi connectivity index (χ2n) is 4.09. The van der Waals surface area contributed by atoms with Gasteiger partial charge in [-0.2, -0.15) is 13.2 Å². The Morgan fingerprint density at radius 2 is 1.95 bits per heavy atom. The third-order valence-electron chi connectivity index (χ3n) is 2.81. The van der Waals surface area contributed by atoms with Gasteiger partial charge in [-0.25, -0.2) is 4.98 Å². The Bertz CT molecular complexity index is 549. The van der Waals surface area contributed by atoms with Crippen LogP contribution in [0.2, 0.25) is 0 Å². The van der Waals surface area contributed by atoms with Crippen LogP contribution in [0.15, 0.2) is 36.7 Å². The Morgan fingerprint density at radius 1 is 1.21 bits per heavy atom. The number of aromatic nitrogens is 2. The highest BCUT2D eigenvalue weighted by Gasteiger charge is 2.33. The highest BCUT2D eigenvalue weighted by atomic mass is 19.4. The van der Waals surface area contributed by atoms with Crippen molar-refractivity contribution < 1.29 is 18.3 Å². The van der Waals surface area contributed by atoms with Crippen LogP contribution in [0.25, 0.3) is 0 Å². The number of rotatable bonds is 4. The summed E-state index contributed by atoms with van der Waals surface area (Å²) in [6.45, 7) is 0.244. The summed E-state index contributed by atoms with van der Waals surface area (Å²) in [6.07, 6.45) is -1.13. The molecule has 1 aromatic heterocycles. The second-order valence-corrected chi connectivity index (χ2v) is 4.09. The Balaban J connectivity index is 2.31. The first-order chi connectivity index (χ1) is 9.02. The van der Waals surface area contributed by atoms with E-state index in [-0.39, 0.29) is 18.6 Å². The van der Waals surface area contributed by atoms with E-state index >= 15 is 0 Å². The summed E-state index contributed by atoms with van der Waals surface area (Å²) in [5.41, 5.74) is -0.464. The fraction of sp³-hybridized carbons (Fsp3) is 0.308. The van der Waals surface area contributed by atoms with Gasteiger partial charge in [0.15, 0.2) is 0 Å². The smallest absolute Gasteiger partial charge is 0.395 e. The van der Waals surface area contributed by atoms with E-state index in [4.69, 9.17) is 5.11 Å². The first-order valence-corrected chi connectivity index (χ1v) is 5.78. The second kappa shape index (κ2) is 5.44. The predicted octanol–water partition coefficient (Wildman–Crippen LogP) is 2.49. The van der Waals surface area contributed by atoms with Gasteiger partial charge < -0.3 is 9.67 Å².